The monoisotopic (exact) mass is 498 g/mol. The van der Waals surface area contributed by atoms with E-state index in [1.165, 1.54) is 18.2 Å². The van der Waals surface area contributed by atoms with Crippen molar-refractivity contribution in [3.8, 4) is 11.8 Å². The van der Waals surface area contributed by atoms with Crippen LogP contribution in [0.3, 0.4) is 0 Å². The molecule has 0 saturated carbocycles. The van der Waals surface area contributed by atoms with Gasteiger partial charge in [-0.1, -0.05) is 25.1 Å². The molecule has 4 rings (SSSR count). The highest BCUT2D eigenvalue weighted by Gasteiger charge is 2.33. The predicted octanol–water partition coefficient (Wildman–Crippen LogP) is 2.22. The average molecular weight is 499 g/mol. The lowest BCUT2D eigenvalue weighted by molar-refractivity contribution is -0.121. The van der Waals surface area contributed by atoms with Gasteiger partial charge in [0.1, 0.15) is 24.5 Å². The number of fused-ring (bicyclic) bond motifs is 1. The molecule has 2 atom stereocenters. The highest BCUT2D eigenvalue weighted by molar-refractivity contribution is 7.89. The fourth-order valence-corrected chi connectivity index (χ4v) is 5.78. The van der Waals surface area contributed by atoms with Crippen LogP contribution < -0.4 is 19.7 Å². The molecule has 0 spiro atoms. The van der Waals surface area contributed by atoms with Crippen LogP contribution in [0.1, 0.15) is 49.8 Å². The lowest BCUT2D eigenvalue weighted by Gasteiger charge is -2.34. The molecule has 0 unspecified atom stereocenters. The Morgan fingerprint density at radius 3 is 2.69 bits per heavy atom. The zero-order chi connectivity index (χ0) is 25.0. The van der Waals surface area contributed by atoms with E-state index in [0.29, 0.717) is 54.9 Å². The van der Waals surface area contributed by atoms with Gasteiger partial charge in [-0.05, 0) is 43.5 Å². The fourth-order valence-electron chi connectivity index (χ4n) is 4.54. The minimum Gasteiger partial charge on any atom is -0.491 e. The number of carbonyl (C=O) groups is 1. The van der Waals surface area contributed by atoms with Gasteiger partial charge in [0.05, 0.1) is 22.2 Å². The van der Waals surface area contributed by atoms with Gasteiger partial charge in [0.2, 0.25) is 15.9 Å². The Morgan fingerprint density at radius 2 is 1.97 bits per heavy atom. The first-order valence-corrected chi connectivity index (χ1v) is 13.3. The minimum atomic E-state index is -4.00. The van der Waals surface area contributed by atoms with E-state index < -0.39 is 22.2 Å². The van der Waals surface area contributed by atoms with E-state index in [4.69, 9.17) is 4.74 Å². The molecule has 1 amide bonds. The minimum absolute atomic E-state index is 0.00217. The first-order valence-electron chi connectivity index (χ1n) is 11.8. The van der Waals surface area contributed by atoms with Gasteiger partial charge in [-0.3, -0.25) is 4.79 Å². The fraction of sp³-hybridized carbons (Fsp3) is 0.440. The second-order valence-electron chi connectivity index (χ2n) is 8.89. The third-order valence-corrected chi connectivity index (χ3v) is 7.91. The SMILES string of the molecule is CCCC(=O)NC1CCN(c2cc(S(=O)(=O)N[C@@H]3COc4ccccc4[C@H]3O)ccc2C#N)CC1. The number of aliphatic hydroxyl groups is 1. The number of piperidine rings is 1. The zero-order valence-electron chi connectivity index (χ0n) is 19.6. The van der Waals surface area contributed by atoms with Gasteiger partial charge in [-0.25, -0.2) is 13.1 Å². The standard InChI is InChI=1S/C25H30N4O5S/c1-2-5-24(30)27-18-10-12-29(13-11-18)22-14-19(9-8-17(22)15-26)35(32,33)28-21-16-34-23-7-4-3-6-20(23)25(21)31/h3-4,6-9,14,18,21,25,28,31H,2,5,10-13,16H2,1H3,(H,27,30)/t21-,25-/m1/s1. The summed E-state index contributed by atoms with van der Waals surface area (Å²) in [6, 6.07) is 12.7. The summed E-state index contributed by atoms with van der Waals surface area (Å²) in [5.41, 5.74) is 1.45. The average Bonchev–Trinajstić information content (AvgIpc) is 2.86. The summed E-state index contributed by atoms with van der Waals surface area (Å²) in [4.78, 5) is 13.9. The van der Waals surface area contributed by atoms with E-state index in [-0.39, 0.29) is 23.5 Å². The van der Waals surface area contributed by atoms with Crippen molar-refractivity contribution in [2.45, 2.75) is 55.7 Å². The van der Waals surface area contributed by atoms with E-state index in [1.54, 1.807) is 24.3 Å². The Hall–Kier alpha value is -3.13. The van der Waals surface area contributed by atoms with Crippen molar-refractivity contribution in [3.05, 3.63) is 53.6 Å². The maximum absolute atomic E-state index is 13.2. The number of carbonyl (C=O) groups excluding carboxylic acids is 1. The quantitative estimate of drug-likeness (QED) is 0.533. The van der Waals surface area contributed by atoms with E-state index in [2.05, 4.69) is 16.1 Å². The molecular weight excluding hydrogens is 468 g/mol. The lowest BCUT2D eigenvalue weighted by atomic mass is 10.0. The molecule has 9 nitrogen and oxygen atoms in total. The van der Waals surface area contributed by atoms with Crippen LogP contribution >= 0.6 is 0 Å². The summed E-state index contributed by atoms with van der Waals surface area (Å²) in [5.74, 6) is 0.574. The lowest BCUT2D eigenvalue weighted by Crippen LogP contribution is -2.46. The van der Waals surface area contributed by atoms with Crippen LogP contribution in [0.4, 0.5) is 5.69 Å². The van der Waals surface area contributed by atoms with Crippen molar-refractivity contribution in [1.29, 1.82) is 5.26 Å². The number of sulfonamides is 1. The maximum atomic E-state index is 13.2. The Morgan fingerprint density at radius 1 is 1.23 bits per heavy atom. The Kier molecular flexibility index (Phi) is 7.60. The normalized spacial score (nSPS) is 20.4. The number of ether oxygens (including phenoxy) is 1. The van der Waals surface area contributed by atoms with Crippen LogP contribution in [0.2, 0.25) is 0 Å². The second-order valence-corrected chi connectivity index (χ2v) is 10.6. The summed E-state index contributed by atoms with van der Waals surface area (Å²) in [6.07, 6.45) is 1.66. The third kappa shape index (κ3) is 5.59. The van der Waals surface area contributed by atoms with Gasteiger partial charge in [-0.2, -0.15) is 5.26 Å². The molecule has 3 N–H and O–H groups in total. The number of benzene rings is 2. The Bertz CT molecular complexity index is 1220. The zero-order valence-corrected chi connectivity index (χ0v) is 20.4. The van der Waals surface area contributed by atoms with Gasteiger partial charge < -0.3 is 20.1 Å². The molecule has 2 aliphatic rings. The Labute approximate surface area is 205 Å². The predicted molar refractivity (Wildman–Crippen MR) is 130 cm³/mol. The number of anilines is 1. The number of nitrogens with zero attached hydrogens (tertiary/aromatic N) is 2. The topological polar surface area (TPSA) is 132 Å². The van der Waals surface area contributed by atoms with Gasteiger partial charge in [0, 0.05) is 31.1 Å². The third-order valence-electron chi connectivity index (χ3n) is 6.42. The summed E-state index contributed by atoms with van der Waals surface area (Å²) >= 11 is 0. The summed E-state index contributed by atoms with van der Waals surface area (Å²) < 4.78 is 34.6. The van der Waals surface area contributed by atoms with Crippen LogP contribution in [-0.4, -0.2) is 51.2 Å². The largest absolute Gasteiger partial charge is 0.491 e. The number of hydrogen-bond donors (Lipinski definition) is 3. The van der Waals surface area contributed by atoms with Crippen LogP contribution in [0.5, 0.6) is 5.75 Å². The highest BCUT2D eigenvalue weighted by atomic mass is 32.2. The first kappa shape index (κ1) is 25.0. The van der Waals surface area contributed by atoms with Crippen molar-refractivity contribution in [1.82, 2.24) is 10.0 Å². The first-order chi connectivity index (χ1) is 16.8. The molecule has 0 aliphatic carbocycles. The van der Waals surface area contributed by atoms with E-state index in [0.717, 1.165) is 6.42 Å². The molecule has 35 heavy (non-hydrogen) atoms. The molecule has 1 fully saturated rings. The van der Waals surface area contributed by atoms with Crippen LogP contribution in [0, 0.1) is 11.3 Å². The van der Waals surface area contributed by atoms with Crippen LogP contribution in [0.15, 0.2) is 47.4 Å². The molecule has 2 aromatic rings. The van der Waals surface area contributed by atoms with Crippen LogP contribution in [0.25, 0.3) is 0 Å². The molecule has 1 saturated heterocycles. The van der Waals surface area contributed by atoms with E-state index in [1.807, 2.05) is 11.8 Å². The molecule has 0 aromatic heterocycles. The van der Waals surface area contributed by atoms with E-state index in [9.17, 15) is 23.6 Å². The molecule has 0 radical (unpaired) electrons. The van der Waals surface area contributed by atoms with Gasteiger partial charge in [0.15, 0.2) is 0 Å². The number of rotatable bonds is 7. The molecule has 0 bridgehead atoms. The van der Waals surface area contributed by atoms with Crippen molar-refractivity contribution < 1.29 is 23.1 Å². The molecule has 2 aliphatic heterocycles. The second kappa shape index (κ2) is 10.6. The molecular formula is C25H30N4O5S. The number of aliphatic hydroxyl groups excluding tert-OH is 1. The summed E-state index contributed by atoms with van der Waals surface area (Å²) in [5, 5.41) is 23.4. The maximum Gasteiger partial charge on any atom is 0.241 e. The van der Waals surface area contributed by atoms with Crippen molar-refractivity contribution in [2.75, 3.05) is 24.6 Å². The number of nitrogens with one attached hydrogen (secondary N) is 2. The molecule has 10 heteroatoms. The number of nitriles is 1. The van der Waals surface area contributed by atoms with Gasteiger partial charge in [0.25, 0.3) is 0 Å². The molecule has 2 aromatic carbocycles. The van der Waals surface area contributed by atoms with Crippen molar-refractivity contribution >= 4 is 21.6 Å². The van der Waals surface area contributed by atoms with Gasteiger partial charge >= 0.3 is 0 Å². The number of amides is 1. The highest BCUT2D eigenvalue weighted by Crippen LogP contribution is 2.33. The molecule has 186 valence electrons. The number of hydrogen-bond acceptors (Lipinski definition) is 7. The Balaban J connectivity index is 1.49. The summed E-state index contributed by atoms with van der Waals surface area (Å²) in [6.45, 7) is 3.14. The number of para-hydroxylation sites is 1. The van der Waals surface area contributed by atoms with Gasteiger partial charge in [-0.15, -0.1) is 0 Å². The van der Waals surface area contributed by atoms with Crippen LogP contribution in [-0.2, 0) is 14.8 Å². The van der Waals surface area contributed by atoms with Crippen molar-refractivity contribution in [3.63, 3.8) is 0 Å². The van der Waals surface area contributed by atoms with Crippen molar-refractivity contribution in [2.24, 2.45) is 0 Å². The molecule has 2 heterocycles. The summed E-state index contributed by atoms with van der Waals surface area (Å²) in [7, 11) is -4.00. The smallest absolute Gasteiger partial charge is 0.241 e. The van der Waals surface area contributed by atoms with E-state index >= 15 is 0 Å².